The molecule has 9 heteroatoms. The van der Waals surface area contributed by atoms with Crippen LogP contribution in [-0.2, 0) is 24.8 Å². The number of alkyl halides is 1. The summed E-state index contributed by atoms with van der Waals surface area (Å²) < 4.78 is 28.5. The van der Waals surface area contributed by atoms with Crippen LogP contribution in [0, 0.1) is 0 Å². The van der Waals surface area contributed by atoms with Gasteiger partial charge in [0.1, 0.15) is 12.4 Å². The molecule has 0 unspecified atom stereocenters. The van der Waals surface area contributed by atoms with Gasteiger partial charge in [0.2, 0.25) is 0 Å². The molecule has 2 aromatic heterocycles. The molecule has 0 saturated heterocycles. The van der Waals surface area contributed by atoms with Crippen molar-refractivity contribution in [3.8, 4) is 17.3 Å². The summed E-state index contributed by atoms with van der Waals surface area (Å²) in [4.78, 5) is 19.8. The lowest BCUT2D eigenvalue weighted by molar-refractivity contribution is 0.0725. The molecule has 190 valence electrons. The number of benzene rings is 2. The Kier molecular flexibility index (Phi) is 6.44. The van der Waals surface area contributed by atoms with Gasteiger partial charge in [0.15, 0.2) is 5.82 Å². The largest absolute Gasteiger partial charge is 0.495 e. The molecule has 5 rings (SSSR count). The van der Waals surface area contributed by atoms with E-state index in [1.54, 1.807) is 19.1 Å². The molecule has 0 radical (unpaired) electrons. The van der Waals surface area contributed by atoms with Crippen LogP contribution >= 0.6 is 0 Å². The number of hydrogen-bond donors (Lipinski definition) is 1. The quantitative estimate of drug-likeness (QED) is 0.406. The number of aryl methyl sites for hydroxylation is 1. The predicted octanol–water partition coefficient (Wildman–Crippen LogP) is 3.53. The van der Waals surface area contributed by atoms with Crippen molar-refractivity contribution in [2.75, 3.05) is 34.0 Å². The highest BCUT2D eigenvalue weighted by Crippen LogP contribution is 2.35. The van der Waals surface area contributed by atoms with E-state index in [4.69, 9.17) is 20.2 Å². The number of halogens is 1. The molecule has 0 fully saturated rings. The molecule has 3 heterocycles. The Morgan fingerprint density at radius 1 is 1.19 bits per heavy atom. The summed E-state index contributed by atoms with van der Waals surface area (Å²) in [7, 11) is 5.37. The van der Waals surface area contributed by atoms with Gasteiger partial charge < -0.3 is 29.2 Å². The molecule has 0 saturated carbocycles. The third-order valence-corrected chi connectivity index (χ3v) is 7.10. The molecule has 1 amide bonds. The Balaban J connectivity index is 1.64. The highest BCUT2D eigenvalue weighted by molar-refractivity contribution is 6.01. The van der Waals surface area contributed by atoms with E-state index in [1.165, 1.54) is 0 Å². The third-order valence-electron chi connectivity index (χ3n) is 7.10. The molecule has 8 nitrogen and oxygen atoms in total. The van der Waals surface area contributed by atoms with E-state index in [1.807, 2.05) is 32.2 Å². The van der Waals surface area contributed by atoms with Crippen LogP contribution in [0.1, 0.15) is 22.8 Å². The van der Waals surface area contributed by atoms with Crippen LogP contribution in [0.4, 0.5) is 4.39 Å². The van der Waals surface area contributed by atoms with Gasteiger partial charge in [-0.2, -0.15) is 0 Å². The number of para-hydroxylation sites is 1. The van der Waals surface area contributed by atoms with Gasteiger partial charge in [0.25, 0.3) is 5.91 Å². The van der Waals surface area contributed by atoms with Gasteiger partial charge in [-0.05, 0) is 43.2 Å². The average molecular weight is 494 g/mol. The van der Waals surface area contributed by atoms with Crippen molar-refractivity contribution in [3.05, 3.63) is 47.5 Å². The Labute approximate surface area is 209 Å². The van der Waals surface area contributed by atoms with E-state index in [0.717, 1.165) is 44.8 Å². The number of ether oxygens (including phenoxy) is 2. The van der Waals surface area contributed by atoms with Gasteiger partial charge in [-0.3, -0.25) is 4.79 Å². The van der Waals surface area contributed by atoms with Crippen molar-refractivity contribution in [3.63, 3.8) is 0 Å². The lowest BCUT2D eigenvalue weighted by atomic mass is 9.97. The summed E-state index contributed by atoms with van der Waals surface area (Å²) in [6.07, 6.45) is 0.671. The van der Waals surface area contributed by atoms with Gasteiger partial charge in [0.05, 0.1) is 41.5 Å². The van der Waals surface area contributed by atoms with Crippen molar-refractivity contribution in [2.45, 2.75) is 32.0 Å². The highest BCUT2D eigenvalue weighted by atomic mass is 19.1. The van der Waals surface area contributed by atoms with Crippen LogP contribution in [0.2, 0.25) is 0 Å². The van der Waals surface area contributed by atoms with Crippen molar-refractivity contribution in [2.24, 2.45) is 12.8 Å². The molecule has 4 aromatic rings. The molecule has 36 heavy (non-hydrogen) atoms. The van der Waals surface area contributed by atoms with Crippen LogP contribution in [0.5, 0.6) is 5.75 Å². The van der Waals surface area contributed by atoms with Gasteiger partial charge in [-0.1, -0.05) is 12.1 Å². The van der Waals surface area contributed by atoms with Gasteiger partial charge in [0, 0.05) is 44.7 Å². The monoisotopic (exact) mass is 493 g/mol. The number of imidazole rings is 1. The van der Waals surface area contributed by atoms with Crippen LogP contribution in [0.25, 0.3) is 33.5 Å². The minimum Gasteiger partial charge on any atom is -0.495 e. The highest BCUT2D eigenvalue weighted by Gasteiger charge is 2.28. The first-order chi connectivity index (χ1) is 17.4. The molecule has 0 spiro atoms. The van der Waals surface area contributed by atoms with E-state index in [2.05, 4.69) is 27.3 Å². The van der Waals surface area contributed by atoms with Crippen molar-refractivity contribution in [1.82, 2.24) is 19.0 Å². The van der Waals surface area contributed by atoms with Gasteiger partial charge >= 0.3 is 0 Å². The van der Waals surface area contributed by atoms with E-state index < -0.39 is 12.7 Å². The van der Waals surface area contributed by atoms with Gasteiger partial charge in [-0.15, -0.1) is 0 Å². The minimum absolute atomic E-state index is 0.0226. The first-order valence-electron chi connectivity index (χ1n) is 12.2. The zero-order valence-electron chi connectivity index (χ0n) is 21.1. The second-order valence-corrected chi connectivity index (χ2v) is 9.49. The van der Waals surface area contributed by atoms with E-state index >= 15 is 0 Å². The van der Waals surface area contributed by atoms with Crippen molar-refractivity contribution >= 4 is 27.8 Å². The van der Waals surface area contributed by atoms with Crippen LogP contribution < -0.4 is 10.5 Å². The molecule has 0 aliphatic carbocycles. The number of carbonyl (C=O) groups is 1. The van der Waals surface area contributed by atoms with Crippen LogP contribution in [0.15, 0.2) is 36.4 Å². The Morgan fingerprint density at radius 3 is 2.72 bits per heavy atom. The van der Waals surface area contributed by atoms with Crippen LogP contribution in [-0.4, -0.2) is 71.1 Å². The van der Waals surface area contributed by atoms with E-state index in [-0.39, 0.29) is 18.6 Å². The van der Waals surface area contributed by atoms with Gasteiger partial charge in [-0.25, -0.2) is 9.37 Å². The number of methoxy groups -OCH3 is 2. The number of rotatable bonds is 8. The van der Waals surface area contributed by atoms with E-state index in [0.29, 0.717) is 25.1 Å². The molecule has 0 bridgehead atoms. The second kappa shape index (κ2) is 9.55. The number of fused-ring (bicyclic) bond motifs is 3. The summed E-state index contributed by atoms with van der Waals surface area (Å²) in [5.41, 5.74) is 11.0. The number of aromatic nitrogens is 3. The van der Waals surface area contributed by atoms with E-state index in [9.17, 15) is 9.18 Å². The summed E-state index contributed by atoms with van der Waals surface area (Å²) in [5, 5.41) is 1.05. The first kappa shape index (κ1) is 24.3. The smallest absolute Gasteiger partial charge is 0.254 e. The topological polar surface area (TPSA) is 87.5 Å². The fraction of sp³-hybridized carbons (Fsp3) is 0.407. The number of nitrogens with zero attached hydrogens (tertiary/aromatic N) is 4. The standard InChI is InChI=1S/C27H32FN5O3/c1-16(35-3)14-33-23(11-18-6-5-7-24(36-4)25(18)33)26-30-21-12-20-17(10-22(21)31(26)2)8-9-32(27(20)34)15-19(29)13-28/h5-7,10-12,16,19H,8-9,13-15,29H2,1-4H3/t16-,19-/m1/s1. The molecular formula is C27H32FN5O3. The molecule has 2 N–H and O–H groups in total. The molecule has 2 atom stereocenters. The SMILES string of the molecule is COc1cccc2cc(-c3nc4cc5c(cc4n3C)CCN(C[C@H](N)CF)C5=O)n(C[C@@H](C)OC)c12. The Bertz CT molecular complexity index is 1440. The maximum absolute atomic E-state index is 13.2. The minimum atomic E-state index is -0.672. The lowest BCUT2D eigenvalue weighted by Crippen LogP contribution is -2.45. The second-order valence-electron chi connectivity index (χ2n) is 9.49. The summed E-state index contributed by atoms with van der Waals surface area (Å²) >= 11 is 0. The fourth-order valence-electron chi connectivity index (χ4n) is 5.11. The lowest BCUT2D eigenvalue weighted by Gasteiger charge is -2.30. The number of nitrogens with two attached hydrogens (primary N) is 1. The predicted molar refractivity (Wildman–Crippen MR) is 138 cm³/mol. The normalized spacial score (nSPS) is 15.5. The fourth-order valence-corrected chi connectivity index (χ4v) is 5.11. The Hall–Kier alpha value is -3.43. The zero-order chi connectivity index (χ0) is 25.6. The molecule has 1 aliphatic rings. The van der Waals surface area contributed by atoms with Crippen LogP contribution in [0.3, 0.4) is 0 Å². The maximum Gasteiger partial charge on any atom is 0.254 e. The van der Waals surface area contributed by atoms with Crippen molar-refractivity contribution in [1.29, 1.82) is 0 Å². The summed E-state index contributed by atoms with van der Waals surface area (Å²) in [6.45, 7) is 2.73. The number of amides is 1. The third kappa shape index (κ3) is 4.02. The Morgan fingerprint density at radius 2 is 2.00 bits per heavy atom. The first-order valence-corrected chi connectivity index (χ1v) is 12.2. The summed E-state index contributed by atoms with van der Waals surface area (Å²) in [6, 6.07) is 11.3. The average Bonchev–Trinajstić information content (AvgIpc) is 3.41. The summed E-state index contributed by atoms with van der Waals surface area (Å²) in [5.74, 6) is 1.45. The van der Waals surface area contributed by atoms with Crippen molar-refractivity contribution < 1.29 is 18.7 Å². The number of carbonyl (C=O) groups excluding carboxylic acids is 1. The zero-order valence-corrected chi connectivity index (χ0v) is 21.1. The number of hydrogen-bond acceptors (Lipinski definition) is 5. The molecule has 1 aliphatic heterocycles. The molecule has 2 aromatic carbocycles. The maximum atomic E-state index is 13.2. The molecular weight excluding hydrogens is 461 g/mol.